The SMILES string of the molecule is CCC/C=C\C/C=C\CCCCCCCC(=O)OCC(COP(=O)(O)O)OC(=O)CCCCCCCCCCC/C=C\C/C=C\CCCCC. The van der Waals surface area contributed by atoms with Crippen LogP contribution in [0.25, 0.3) is 0 Å². The molecule has 0 heterocycles. The highest BCUT2D eigenvalue weighted by atomic mass is 31.2. The van der Waals surface area contributed by atoms with Crippen LogP contribution in [0.15, 0.2) is 48.6 Å². The summed E-state index contributed by atoms with van der Waals surface area (Å²) in [4.78, 5) is 42.8. The van der Waals surface area contributed by atoms with Gasteiger partial charge in [-0.05, 0) is 70.6 Å². The minimum atomic E-state index is -4.76. The van der Waals surface area contributed by atoms with Crippen molar-refractivity contribution in [3.8, 4) is 0 Å². The van der Waals surface area contributed by atoms with Crippen molar-refractivity contribution in [2.24, 2.45) is 0 Å². The van der Waals surface area contributed by atoms with Gasteiger partial charge < -0.3 is 19.3 Å². The first-order valence-corrected chi connectivity index (χ1v) is 21.5. The molecule has 0 aromatic rings. The molecule has 0 radical (unpaired) electrons. The molecular formula is C41H73O8P. The molecule has 0 amide bonds. The van der Waals surface area contributed by atoms with Gasteiger partial charge in [-0.1, -0.05) is 146 Å². The number of unbranched alkanes of at least 4 members (excludes halogenated alkanes) is 18. The topological polar surface area (TPSA) is 119 Å². The minimum Gasteiger partial charge on any atom is -0.462 e. The fraction of sp³-hybridized carbons (Fsp3) is 0.756. The first-order chi connectivity index (χ1) is 24.3. The Morgan fingerprint density at radius 1 is 0.520 bits per heavy atom. The molecule has 0 aliphatic heterocycles. The van der Waals surface area contributed by atoms with Gasteiger partial charge in [0.25, 0.3) is 0 Å². The highest BCUT2D eigenvalue weighted by Gasteiger charge is 2.22. The molecule has 0 saturated heterocycles. The van der Waals surface area contributed by atoms with Crippen molar-refractivity contribution in [1.29, 1.82) is 0 Å². The van der Waals surface area contributed by atoms with Gasteiger partial charge >= 0.3 is 19.8 Å². The van der Waals surface area contributed by atoms with E-state index in [1.165, 1.54) is 64.2 Å². The predicted molar refractivity (Wildman–Crippen MR) is 207 cm³/mol. The number of allylic oxidation sites excluding steroid dienone is 8. The maximum atomic E-state index is 12.4. The number of rotatable bonds is 36. The van der Waals surface area contributed by atoms with Crippen molar-refractivity contribution >= 4 is 19.8 Å². The molecule has 290 valence electrons. The predicted octanol–water partition coefficient (Wildman–Crippen LogP) is 12.0. The Balaban J connectivity index is 3.95. The average molecular weight is 725 g/mol. The zero-order chi connectivity index (χ0) is 36.8. The summed E-state index contributed by atoms with van der Waals surface area (Å²) in [5, 5.41) is 0. The van der Waals surface area contributed by atoms with Crippen LogP contribution in [0.2, 0.25) is 0 Å². The second-order valence-electron chi connectivity index (χ2n) is 13.2. The molecule has 1 atom stereocenters. The van der Waals surface area contributed by atoms with E-state index in [0.29, 0.717) is 12.8 Å². The van der Waals surface area contributed by atoms with Gasteiger partial charge in [-0.2, -0.15) is 0 Å². The quantitative estimate of drug-likeness (QED) is 0.0284. The summed E-state index contributed by atoms with van der Waals surface area (Å²) < 4.78 is 26.3. The third-order valence-electron chi connectivity index (χ3n) is 8.30. The van der Waals surface area contributed by atoms with E-state index in [0.717, 1.165) is 77.0 Å². The lowest BCUT2D eigenvalue weighted by Gasteiger charge is -2.18. The molecule has 50 heavy (non-hydrogen) atoms. The number of esters is 2. The standard InChI is InChI=1S/C41H73O8P/c1-3-5-7-9-11-13-15-17-18-19-20-21-22-24-26-28-30-32-34-36-41(43)49-39(38-48-50(44,45)46)37-47-40(42)35-33-31-29-27-25-23-16-14-12-10-8-6-4-2/h8,10-11,13-14,16-18,39H,3-7,9,12,15,19-38H2,1-2H3,(H2,44,45,46)/b10-8-,13-11-,16-14-,18-17-. The molecule has 8 nitrogen and oxygen atoms in total. The molecule has 9 heteroatoms. The van der Waals surface area contributed by atoms with Crippen molar-refractivity contribution in [1.82, 2.24) is 0 Å². The number of phosphoric ester groups is 1. The molecule has 2 N–H and O–H groups in total. The Hall–Kier alpha value is -1.99. The first-order valence-electron chi connectivity index (χ1n) is 19.9. The smallest absolute Gasteiger partial charge is 0.462 e. The largest absolute Gasteiger partial charge is 0.469 e. The number of ether oxygens (including phenoxy) is 2. The van der Waals surface area contributed by atoms with Crippen molar-refractivity contribution in [2.45, 2.75) is 187 Å². The van der Waals surface area contributed by atoms with Crippen molar-refractivity contribution in [3.05, 3.63) is 48.6 Å². The molecular weight excluding hydrogens is 651 g/mol. The van der Waals surface area contributed by atoms with Gasteiger partial charge in [-0.3, -0.25) is 14.1 Å². The Labute approximate surface area is 305 Å². The van der Waals surface area contributed by atoms with E-state index in [4.69, 9.17) is 19.3 Å². The fourth-order valence-corrected chi connectivity index (χ4v) is 5.68. The molecule has 0 aromatic heterocycles. The Kier molecular flexibility index (Phi) is 35.3. The van der Waals surface area contributed by atoms with Crippen molar-refractivity contribution in [3.63, 3.8) is 0 Å². The lowest BCUT2D eigenvalue weighted by atomic mass is 10.1. The van der Waals surface area contributed by atoms with Gasteiger partial charge in [-0.25, -0.2) is 4.57 Å². The molecule has 0 bridgehead atoms. The summed E-state index contributed by atoms with van der Waals surface area (Å²) in [7, 11) is -4.76. The molecule has 0 saturated carbocycles. The van der Waals surface area contributed by atoms with Gasteiger partial charge in [0, 0.05) is 12.8 Å². The van der Waals surface area contributed by atoms with Crippen LogP contribution in [-0.4, -0.2) is 41.0 Å². The first kappa shape index (κ1) is 48.0. The molecule has 0 aliphatic carbocycles. The Bertz CT molecular complexity index is 952. The van der Waals surface area contributed by atoms with Gasteiger partial charge in [0.15, 0.2) is 6.10 Å². The lowest BCUT2D eigenvalue weighted by molar-refractivity contribution is -0.161. The summed E-state index contributed by atoms with van der Waals surface area (Å²) in [6.45, 7) is 3.57. The molecule has 0 aliphatic rings. The van der Waals surface area contributed by atoms with Crippen LogP contribution < -0.4 is 0 Å². The van der Waals surface area contributed by atoms with E-state index in [-0.39, 0.29) is 19.4 Å². The van der Waals surface area contributed by atoms with Crippen LogP contribution in [0, 0.1) is 0 Å². The second-order valence-corrected chi connectivity index (χ2v) is 14.5. The zero-order valence-electron chi connectivity index (χ0n) is 31.8. The Morgan fingerprint density at radius 3 is 1.40 bits per heavy atom. The third kappa shape index (κ3) is 38.8. The van der Waals surface area contributed by atoms with Crippen LogP contribution in [0.4, 0.5) is 0 Å². The van der Waals surface area contributed by atoms with E-state index in [1.807, 2.05) is 0 Å². The molecule has 0 rings (SSSR count). The summed E-state index contributed by atoms with van der Waals surface area (Å²) >= 11 is 0. The number of phosphoric acid groups is 1. The minimum absolute atomic E-state index is 0.203. The van der Waals surface area contributed by atoms with Crippen molar-refractivity contribution < 1.29 is 37.9 Å². The van der Waals surface area contributed by atoms with Crippen LogP contribution in [0.1, 0.15) is 181 Å². The van der Waals surface area contributed by atoms with E-state index < -0.39 is 32.5 Å². The normalized spacial score (nSPS) is 13.0. The second kappa shape index (κ2) is 36.8. The summed E-state index contributed by atoms with van der Waals surface area (Å²) in [6, 6.07) is 0. The number of carbonyl (C=O) groups excluding carboxylic acids is 2. The maximum Gasteiger partial charge on any atom is 0.469 e. The highest BCUT2D eigenvalue weighted by Crippen LogP contribution is 2.36. The third-order valence-corrected chi connectivity index (χ3v) is 8.79. The highest BCUT2D eigenvalue weighted by molar-refractivity contribution is 7.46. The molecule has 0 aromatic carbocycles. The fourth-order valence-electron chi connectivity index (χ4n) is 5.32. The van der Waals surface area contributed by atoms with E-state index in [2.05, 4.69) is 67.0 Å². The summed E-state index contributed by atoms with van der Waals surface area (Å²) in [6.07, 6.45) is 44.0. The van der Waals surface area contributed by atoms with Crippen LogP contribution in [0.5, 0.6) is 0 Å². The number of hydrogen-bond acceptors (Lipinski definition) is 6. The van der Waals surface area contributed by atoms with Gasteiger partial charge in [0.05, 0.1) is 6.61 Å². The molecule has 1 unspecified atom stereocenters. The van der Waals surface area contributed by atoms with Gasteiger partial charge in [0.2, 0.25) is 0 Å². The van der Waals surface area contributed by atoms with E-state index >= 15 is 0 Å². The summed E-state index contributed by atoms with van der Waals surface area (Å²) in [5.41, 5.74) is 0. The summed E-state index contributed by atoms with van der Waals surface area (Å²) in [5.74, 6) is -0.908. The van der Waals surface area contributed by atoms with Gasteiger partial charge in [0.1, 0.15) is 6.61 Å². The van der Waals surface area contributed by atoms with Crippen LogP contribution in [0.3, 0.4) is 0 Å². The van der Waals surface area contributed by atoms with E-state index in [1.54, 1.807) is 0 Å². The molecule has 0 spiro atoms. The number of hydrogen-bond donors (Lipinski definition) is 2. The Morgan fingerprint density at radius 2 is 0.940 bits per heavy atom. The maximum absolute atomic E-state index is 12.4. The van der Waals surface area contributed by atoms with Crippen LogP contribution in [-0.2, 0) is 28.2 Å². The van der Waals surface area contributed by atoms with Crippen molar-refractivity contribution in [2.75, 3.05) is 13.2 Å². The van der Waals surface area contributed by atoms with Gasteiger partial charge in [-0.15, -0.1) is 0 Å². The molecule has 0 fully saturated rings. The zero-order valence-corrected chi connectivity index (χ0v) is 32.7. The lowest BCUT2D eigenvalue weighted by Crippen LogP contribution is -2.29. The monoisotopic (exact) mass is 725 g/mol. The average Bonchev–Trinajstić information content (AvgIpc) is 3.08. The number of carbonyl (C=O) groups is 2. The van der Waals surface area contributed by atoms with Crippen LogP contribution >= 0.6 is 7.82 Å². The van der Waals surface area contributed by atoms with E-state index in [9.17, 15) is 14.2 Å².